The van der Waals surface area contributed by atoms with Gasteiger partial charge in [0.1, 0.15) is 5.50 Å². The fraction of sp³-hybridized carbons (Fsp3) is 0.667. The predicted octanol–water partition coefficient (Wildman–Crippen LogP) is 0.613. The molecule has 0 aromatic carbocycles. The second-order valence-electron chi connectivity index (χ2n) is 1.21. The highest BCUT2D eigenvalue weighted by Crippen LogP contribution is 2.16. The molecule has 1 heterocycles. The predicted molar refractivity (Wildman–Crippen MR) is 33.7 cm³/mol. The molecule has 0 spiro atoms. The lowest BCUT2D eigenvalue weighted by molar-refractivity contribution is 1.07. The van der Waals surface area contributed by atoms with Gasteiger partial charge in [-0.15, -0.1) is 0 Å². The third-order valence-electron chi connectivity index (χ3n) is 0.636. The van der Waals surface area contributed by atoms with Gasteiger partial charge in [-0.1, -0.05) is 23.4 Å². The van der Waals surface area contributed by atoms with Gasteiger partial charge < -0.3 is 5.73 Å². The highest BCUT2D eigenvalue weighted by Gasteiger charge is 2.11. The standard InChI is InChI=1S/C3H5ClN2S/c4-2-1-7-3(5)6-2/h2H,1H2,(H2,5,6). The summed E-state index contributed by atoms with van der Waals surface area (Å²) in [6.07, 6.45) is 0. The van der Waals surface area contributed by atoms with Crippen LogP contribution in [-0.4, -0.2) is 16.4 Å². The minimum Gasteiger partial charge on any atom is -0.378 e. The third kappa shape index (κ3) is 1.24. The van der Waals surface area contributed by atoms with Crippen molar-refractivity contribution in [2.45, 2.75) is 5.50 Å². The van der Waals surface area contributed by atoms with Crippen LogP contribution < -0.4 is 5.73 Å². The van der Waals surface area contributed by atoms with Crippen LogP contribution in [0, 0.1) is 0 Å². The van der Waals surface area contributed by atoms with Crippen molar-refractivity contribution in [1.82, 2.24) is 0 Å². The molecule has 1 unspecified atom stereocenters. The molecule has 0 radical (unpaired) electrons. The number of hydrogen-bond acceptors (Lipinski definition) is 3. The quantitative estimate of drug-likeness (QED) is 0.392. The third-order valence-corrected chi connectivity index (χ3v) is 1.95. The van der Waals surface area contributed by atoms with E-state index in [0.29, 0.717) is 5.17 Å². The zero-order valence-electron chi connectivity index (χ0n) is 3.60. The van der Waals surface area contributed by atoms with E-state index < -0.39 is 0 Å². The second kappa shape index (κ2) is 1.92. The molecule has 2 nitrogen and oxygen atoms in total. The lowest BCUT2D eigenvalue weighted by atomic mass is 10.8. The van der Waals surface area contributed by atoms with Crippen molar-refractivity contribution >= 4 is 28.5 Å². The van der Waals surface area contributed by atoms with Gasteiger partial charge in [-0.2, -0.15) is 0 Å². The molecule has 1 atom stereocenters. The first-order chi connectivity index (χ1) is 3.29. The molecule has 0 saturated heterocycles. The molecule has 0 aliphatic carbocycles. The first-order valence-electron chi connectivity index (χ1n) is 1.89. The van der Waals surface area contributed by atoms with E-state index in [2.05, 4.69) is 4.99 Å². The van der Waals surface area contributed by atoms with Crippen LogP contribution in [0.15, 0.2) is 4.99 Å². The number of aliphatic imine (C=N–C) groups is 1. The van der Waals surface area contributed by atoms with E-state index in [1.54, 1.807) is 0 Å². The van der Waals surface area contributed by atoms with Crippen molar-refractivity contribution < 1.29 is 0 Å². The highest BCUT2D eigenvalue weighted by molar-refractivity contribution is 8.14. The minimum absolute atomic E-state index is 0.0787. The Morgan fingerprint density at radius 1 is 2.00 bits per heavy atom. The summed E-state index contributed by atoms with van der Waals surface area (Å²) >= 11 is 7.02. The van der Waals surface area contributed by atoms with Crippen molar-refractivity contribution in [2.24, 2.45) is 10.7 Å². The average molecular weight is 137 g/mol. The number of alkyl halides is 1. The molecule has 0 bridgehead atoms. The first kappa shape index (κ1) is 5.25. The maximum Gasteiger partial charge on any atom is 0.155 e. The monoisotopic (exact) mass is 136 g/mol. The summed E-state index contributed by atoms with van der Waals surface area (Å²) in [7, 11) is 0. The van der Waals surface area contributed by atoms with Gasteiger partial charge in [0.05, 0.1) is 0 Å². The molecule has 2 N–H and O–H groups in total. The van der Waals surface area contributed by atoms with Crippen LogP contribution in [0.4, 0.5) is 0 Å². The lowest BCUT2D eigenvalue weighted by Crippen LogP contribution is -2.01. The molecule has 1 aliphatic rings. The molecule has 1 aliphatic heterocycles. The lowest BCUT2D eigenvalue weighted by Gasteiger charge is -1.83. The first-order valence-corrected chi connectivity index (χ1v) is 3.31. The number of nitrogens with zero attached hydrogens (tertiary/aromatic N) is 1. The summed E-state index contributed by atoms with van der Waals surface area (Å²) in [6.45, 7) is 0. The van der Waals surface area contributed by atoms with Crippen LogP contribution in [0.5, 0.6) is 0 Å². The van der Waals surface area contributed by atoms with E-state index in [4.69, 9.17) is 17.3 Å². The average Bonchev–Trinajstić information content (AvgIpc) is 1.87. The maximum atomic E-state index is 5.52. The normalized spacial score (nSPS) is 30.4. The summed E-state index contributed by atoms with van der Waals surface area (Å²) in [5.41, 5.74) is 5.17. The Bertz CT molecular complexity index is 103. The molecule has 40 valence electrons. The molecule has 0 aromatic heterocycles. The van der Waals surface area contributed by atoms with Crippen LogP contribution in [0.2, 0.25) is 0 Å². The topological polar surface area (TPSA) is 38.4 Å². The maximum absolute atomic E-state index is 5.52. The van der Waals surface area contributed by atoms with Gasteiger partial charge in [0.15, 0.2) is 5.17 Å². The number of thioether (sulfide) groups is 1. The molecule has 4 heteroatoms. The Labute approximate surface area is 51.1 Å². The molecular weight excluding hydrogens is 132 g/mol. The largest absolute Gasteiger partial charge is 0.378 e. The second-order valence-corrected chi connectivity index (χ2v) is 2.76. The number of amidine groups is 1. The zero-order chi connectivity index (χ0) is 5.28. The van der Waals surface area contributed by atoms with Crippen LogP contribution in [0.1, 0.15) is 0 Å². The summed E-state index contributed by atoms with van der Waals surface area (Å²) in [5, 5.41) is 0.611. The highest BCUT2D eigenvalue weighted by atomic mass is 35.5. The summed E-state index contributed by atoms with van der Waals surface area (Å²) in [5.74, 6) is 0.827. The van der Waals surface area contributed by atoms with Gasteiger partial charge in [-0.25, -0.2) is 4.99 Å². The van der Waals surface area contributed by atoms with E-state index in [-0.39, 0.29) is 5.50 Å². The molecule has 0 amide bonds. The molecule has 0 aromatic rings. The summed E-state index contributed by atoms with van der Waals surface area (Å²) in [4.78, 5) is 3.81. The Morgan fingerprint density at radius 2 is 2.71 bits per heavy atom. The van der Waals surface area contributed by atoms with Crippen molar-refractivity contribution in [3.8, 4) is 0 Å². The number of halogens is 1. The van der Waals surface area contributed by atoms with Crippen molar-refractivity contribution in [3.63, 3.8) is 0 Å². The van der Waals surface area contributed by atoms with Crippen molar-refractivity contribution in [3.05, 3.63) is 0 Å². The van der Waals surface area contributed by atoms with Gasteiger partial charge in [-0.05, 0) is 0 Å². The Balaban J connectivity index is 2.50. The van der Waals surface area contributed by atoms with E-state index >= 15 is 0 Å². The van der Waals surface area contributed by atoms with E-state index in [1.807, 2.05) is 0 Å². The van der Waals surface area contributed by atoms with Crippen LogP contribution in [0.25, 0.3) is 0 Å². The van der Waals surface area contributed by atoms with E-state index in [9.17, 15) is 0 Å². The SMILES string of the molecule is NC1=NC(Cl)CS1. The molecule has 7 heavy (non-hydrogen) atoms. The molecular formula is C3H5ClN2S. The minimum atomic E-state index is -0.0787. The fourth-order valence-electron chi connectivity index (χ4n) is 0.367. The van der Waals surface area contributed by atoms with Gasteiger partial charge >= 0.3 is 0 Å². The fourth-order valence-corrected chi connectivity index (χ4v) is 1.30. The molecule has 0 fully saturated rings. The van der Waals surface area contributed by atoms with Gasteiger partial charge in [0.25, 0.3) is 0 Å². The number of rotatable bonds is 0. The molecule has 0 saturated carbocycles. The van der Waals surface area contributed by atoms with Crippen LogP contribution in [-0.2, 0) is 0 Å². The summed E-state index contributed by atoms with van der Waals surface area (Å²) < 4.78 is 0. The van der Waals surface area contributed by atoms with E-state index in [1.165, 1.54) is 11.8 Å². The number of hydrogen-bond donors (Lipinski definition) is 1. The van der Waals surface area contributed by atoms with Crippen LogP contribution >= 0.6 is 23.4 Å². The van der Waals surface area contributed by atoms with E-state index in [0.717, 1.165) is 5.75 Å². The Morgan fingerprint density at radius 3 is 2.86 bits per heavy atom. The van der Waals surface area contributed by atoms with Gasteiger partial charge in [0, 0.05) is 5.75 Å². The Hall–Kier alpha value is 0.110. The smallest absolute Gasteiger partial charge is 0.155 e. The van der Waals surface area contributed by atoms with Gasteiger partial charge in [0.2, 0.25) is 0 Å². The van der Waals surface area contributed by atoms with Crippen molar-refractivity contribution in [1.29, 1.82) is 0 Å². The van der Waals surface area contributed by atoms with Crippen LogP contribution in [0.3, 0.4) is 0 Å². The molecule has 1 rings (SSSR count). The summed E-state index contributed by atoms with van der Waals surface area (Å²) in [6, 6.07) is 0. The van der Waals surface area contributed by atoms with Gasteiger partial charge in [-0.3, -0.25) is 0 Å². The van der Waals surface area contributed by atoms with Crippen molar-refractivity contribution in [2.75, 3.05) is 5.75 Å². The Kier molecular flexibility index (Phi) is 1.44. The zero-order valence-corrected chi connectivity index (χ0v) is 5.17. The number of nitrogens with two attached hydrogens (primary N) is 1.